The molecule has 2 aliphatic heterocycles. The molecule has 0 spiro atoms. The number of ketones is 1. The van der Waals surface area contributed by atoms with Crippen LogP contribution in [0.2, 0.25) is 0 Å². The summed E-state index contributed by atoms with van der Waals surface area (Å²) in [5.41, 5.74) is 4.60. The molecule has 2 saturated heterocycles. The maximum atomic E-state index is 12.9. The molecule has 0 radical (unpaired) electrons. The van der Waals surface area contributed by atoms with Crippen LogP contribution >= 0.6 is 0 Å². The van der Waals surface area contributed by atoms with Crippen LogP contribution in [0.1, 0.15) is 33.1 Å². The van der Waals surface area contributed by atoms with Crippen molar-refractivity contribution in [2.45, 2.75) is 50.2 Å². The molecular formula is C18H24N4O5S. The first-order chi connectivity index (χ1) is 13.0. The van der Waals surface area contributed by atoms with E-state index in [-0.39, 0.29) is 36.1 Å². The maximum absolute atomic E-state index is 12.9. The van der Waals surface area contributed by atoms with E-state index in [0.29, 0.717) is 13.0 Å². The summed E-state index contributed by atoms with van der Waals surface area (Å²) in [6, 6.07) is 3.18. The molecular weight excluding hydrogens is 384 g/mol. The minimum atomic E-state index is -3.92. The summed E-state index contributed by atoms with van der Waals surface area (Å²) in [5, 5.41) is -0.115. The Balaban J connectivity index is 1.79. The molecule has 3 heterocycles. The largest absolute Gasteiger partial charge is 0.370 e. The summed E-state index contributed by atoms with van der Waals surface area (Å²) in [4.78, 5) is 42.0. The second kappa shape index (κ2) is 7.25. The van der Waals surface area contributed by atoms with E-state index in [0.717, 1.165) is 4.31 Å². The van der Waals surface area contributed by atoms with E-state index in [1.807, 2.05) is 0 Å². The van der Waals surface area contributed by atoms with Gasteiger partial charge in [0.25, 0.3) is 10.0 Å². The van der Waals surface area contributed by atoms with Crippen LogP contribution in [0.4, 0.5) is 0 Å². The predicted octanol–water partition coefficient (Wildman–Crippen LogP) is -0.0838. The van der Waals surface area contributed by atoms with E-state index in [9.17, 15) is 22.8 Å². The van der Waals surface area contributed by atoms with Gasteiger partial charge in [-0.1, -0.05) is 19.9 Å². The van der Waals surface area contributed by atoms with Gasteiger partial charge in [-0.15, -0.1) is 0 Å². The summed E-state index contributed by atoms with van der Waals surface area (Å²) in [6.07, 6.45) is 1.87. The Morgan fingerprint density at radius 3 is 2.61 bits per heavy atom. The van der Waals surface area contributed by atoms with Crippen molar-refractivity contribution in [3.8, 4) is 0 Å². The summed E-state index contributed by atoms with van der Waals surface area (Å²) < 4.78 is 27.0. The molecule has 10 heteroatoms. The molecule has 2 amide bonds. The Morgan fingerprint density at radius 1 is 1.29 bits per heavy atom. The summed E-state index contributed by atoms with van der Waals surface area (Å²) in [7, 11) is -3.92. The lowest BCUT2D eigenvalue weighted by Gasteiger charge is -2.28. The number of pyridine rings is 1. The first-order valence-electron chi connectivity index (χ1n) is 9.06. The predicted molar refractivity (Wildman–Crippen MR) is 99.3 cm³/mol. The lowest BCUT2D eigenvalue weighted by atomic mass is 9.84. The normalized spacial score (nSPS) is 23.1. The smallest absolute Gasteiger partial charge is 0.261 e. The Kier molecular flexibility index (Phi) is 5.28. The molecule has 2 atom stereocenters. The highest BCUT2D eigenvalue weighted by Gasteiger charge is 2.54. The summed E-state index contributed by atoms with van der Waals surface area (Å²) in [5.74, 6) is -1.08. The molecule has 152 valence electrons. The fourth-order valence-electron chi connectivity index (χ4n) is 4.04. The third kappa shape index (κ3) is 3.79. The number of hydrogen-bond donors (Lipinski definition) is 1. The second-order valence-corrected chi connectivity index (χ2v) is 9.89. The lowest BCUT2D eigenvalue weighted by Crippen LogP contribution is -2.44. The Hall–Kier alpha value is -2.33. The van der Waals surface area contributed by atoms with Crippen LogP contribution in [0.15, 0.2) is 29.4 Å². The van der Waals surface area contributed by atoms with Crippen LogP contribution in [0, 0.1) is 5.41 Å². The number of fused-ring (bicyclic) bond motifs is 1. The first-order valence-corrected chi connectivity index (χ1v) is 10.5. The number of rotatable bonds is 6. The van der Waals surface area contributed by atoms with Gasteiger partial charge in [-0.2, -0.15) is 4.31 Å². The molecule has 9 nitrogen and oxygen atoms in total. The number of nitrogens with zero attached hydrogens (tertiary/aromatic N) is 3. The van der Waals surface area contributed by atoms with Crippen molar-refractivity contribution in [1.82, 2.24) is 14.2 Å². The number of likely N-dealkylation sites (tertiary alicyclic amines) is 1. The molecule has 2 N–H and O–H groups in total. The average molecular weight is 408 g/mol. The van der Waals surface area contributed by atoms with Gasteiger partial charge >= 0.3 is 0 Å². The van der Waals surface area contributed by atoms with Gasteiger partial charge in [0, 0.05) is 25.6 Å². The number of aromatic nitrogens is 1. The molecule has 2 unspecified atom stereocenters. The molecule has 0 bridgehead atoms. The Labute approximate surface area is 163 Å². The van der Waals surface area contributed by atoms with Crippen molar-refractivity contribution in [2.75, 3.05) is 13.1 Å². The van der Waals surface area contributed by atoms with Crippen LogP contribution in [0.3, 0.4) is 0 Å². The highest BCUT2D eigenvalue weighted by Crippen LogP contribution is 2.35. The van der Waals surface area contributed by atoms with Gasteiger partial charge in [-0.25, -0.2) is 13.4 Å². The van der Waals surface area contributed by atoms with Crippen LogP contribution in [-0.2, 0) is 24.4 Å². The molecule has 0 aliphatic carbocycles. The third-order valence-electron chi connectivity index (χ3n) is 5.19. The van der Waals surface area contributed by atoms with E-state index in [1.165, 1.54) is 17.2 Å². The highest BCUT2D eigenvalue weighted by molar-refractivity contribution is 7.89. The summed E-state index contributed by atoms with van der Waals surface area (Å²) >= 11 is 0. The Bertz CT molecular complexity index is 900. The topological polar surface area (TPSA) is 131 Å². The lowest BCUT2D eigenvalue weighted by molar-refractivity contribution is -0.138. The van der Waals surface area contributed by atoms with Gasteiger partial charge in [-0.3, -0.25) is 14.4 Å². The third-order valence-corrected chi connectivity index (χ3v) is 6.98. The van der Waals surface area contributed by atoms with Gasteiger partial charge < -0.3 is 10.6 Å². The minimum absolute atomic E-state index is 0.0504. The number of carbonyl (C=O) groups is 3. The zero-order valence-electron chi connectivity index (χ0n) is 15.9. The maximum Gasteiger partial charge on any atom is 0.261 e. The number of carbonyl (C=O) groups excluding carboxylic acids is 3. The van der Waals surface area contributed by atoms with Crippen molar-refractivity contribution in [3.05, 3.63) is 24.4 Å². The monoisotopic (exact) mass is 408 g/mol. The van der Waals surface area contributed by atoms with Gasteiger partial charge in [0.15, 0.2) is 10.8 Å². The molecule has 2 aliphatic rings. The highest BCUT2D eigenvalue weighted by atomic mass is 32.2. The number of primary amides is 1. The number of sulfonamides is 1. The molecule has 3 rings (SSSR count). The Morgan fingerprint density at radius 2 is 2.00 bits per heavy atom. The van der Waals surface area contributed by atoms with Crippen molar-refractivity contribution in [1.29, 1.82) is 0 Å². The average Bonchev–Trinajstić information content (AvgIpc) is 3.15. The van der Waals surface area contributed by atoms with Crippen molar-refractivity contribution >= 4 is 27.6 Å². The van der Waals surface area contributed by atoms with Crippen LogP contribution in [0.25, 0.3) is 0 Å². The van der Waals surface area contributed by atoms with Crippen LogP contribution < -0.4 is 5.73 Å². The molecule has 0 aromatic carbocycles. The number of Topliss-reactive ketones (excluding diaryl/α,β-unsaturated/α-hetero) is 1. The second-order valence-electron chi connectivity index (χ2n) is 8.06. The molecule has 28 heavy (non-hydrogen) atoms. The fraction of sp³-hybridized carbons (Fsp3) is 0.556. The minimum Gasteiger partial charge on any atom is -0.370 e. The number of amides is 2. The molecule has 1 aromatic heterocycles. The number of hydrogen-bond acceptors (Lipinski definition) is 6. The van der Waals surface area contributed by atoms with Gasteiger partial charge in [-0.05, 0) is 24.0 Å². The van der Waals surface area contributed by atoms with Crippen LogP contribution in [-0.4, -0.2) is 65.4 Å². The van der Waals surface area contributed by atoms with E-state index >= 15 is 0 Å². The zero-order valence-corrected chi connectivity index (χ0v) is 16.7. The quantitative estimate of drug-likeness (QED) is 0.700. The van der Waals surface area contributed by atoms with E-state index in [1.54, 1.807) is 26.0 Å². The molecule has 1 aromatic rings. The van der Waals surface area contributed by atoms with E-state index in [2.05, 4.69) is 4.98 Å². The van der Waals surface area contributed by atoms with Crippen LogP contribution in [0.5, 0.6) is 0 Å². The van der Waals surface area contributed by atoms with E-state index < -0.39 is 33.4 Å². The van der Waals surface area contributed by atoms with Crippen molar-refractivity contribution in [3.63, 3.8) is 0 Å². The standard InChI is InChI=1S/C18H24N4O5S/c1-18(2,9-14(19)24)10-16(25)21-8-6-12-17(21)13(23)11-22(12)28(26,27)15-5-3-4-7-20-15/h3-5,7,12,17H,6,8-11H2,1-2H3,(H2,19,24). The fourth-order valence-corrected chi connectivity index (χ4v) is 5.60. The van der Waals surface area contributed by atoms with Gasteiger partial charge in [0.2, 0.25) is 11.8 Å². The zero-order chi connectivity index (χ0) is 20.7. The van der Waals surface area contributed by atoms with E-state index in [4.69, 9.17) is 5.73 Å². The van der Waals surface area contributed by atoms with Crippen molar-refractivity contribution < 1.29 is 22.8 Å². The van der Waals surface area contributed by atoms with Crippen molar-refractivity contribution in [2.24, 2.45) is 11.1 Å². The summed E-state index contributed by atoms with van der Waals surface area (Å²) in [6.45, 7) is 3.54. The first kappa shape index (κ1) is 20.4. The molecule has 0 saturated carbocycles. The van der Waals surface area contributed by atoms with Gasteiger partial charge in [0.05, 0.1) is 12.6 Å². The molecule has 2 fully saturated rings. The SMILES string of the molecule is CC(C)(CC(N)=O)CC(=O)N1CCC2C1C(=O)CN2S(=O)(=O)c1ccccn1. The van der Waals surface area contributed by atoms with Gasteiger partial charge in [0.1, 0.15) is 6.04 Å². The number of nitrogens with two attached hydrogens (primary N) is 1.